The molecule has 1 N–H and O–H groups in total. The Morgan fingerprint density at radius 1 is 1.09 bits per heavy atom. The number of thioether (sulfide) groups is 1. The number of rotatable bonds is 7. The fraction of sp³-hybridized carbons (Fsp3) is 0.346. The van der Waals surface area contributed by atoms with Crippen molar-refractivity contribution in [1.29, 1.82) is 0 Å². The first-order valence-corrected chi connectivity index (χ1v) is 12.0. The lowest BCUT2D eigenvalue weighted by molar-refractivity contribution is -0.125. The maximum absolute atomic E-state index is 13.3. The lowest BCUT2D eigenvalue weighted by atomic mass is 10.0. The van der Waals surface area contributed by atoms with Crippen LogP contribution in [-0.4, -0.2) is 41.8 Å². The molecule has 0 bridgehead atoms. The molecular weight excluding hydrogens is 423 g/mol. The van der Waals surface area contributed by atoms with Crippen LogP contribution in [0.2, 0.25) is 0 Å². The molecule has 1 saturated carbocycles. The van der Waals surface area contributed by atoms with Crippen molar-refractivity contribution in [3.05, 3.63) is 72.0 Å². The molecule has 1 amide bonds. The number of halogens is 1. The van der Waals surface area contributed by atoms with Crippen molar-refractivity contribution in [1.82, 2.24) is 10.2 Å². The fourth-order valence-electron chi connectivity index (χ4n) is 4.49. The standard InChI is InChI=1S/C26H27FN2O2S/c1-31-25-13-6-17(22-4-2-3-5-23(22)25)15-29-16-21(32-20-11-7-18(27)8-12-20)14-24(29)26(30)28-19-9-10-19/h2-8,11-13,19,21,24H,9-10,14-16H2,1H3,(H,28,30)/t21-,24+/m1/s1. The maximum atomic E-state index is 13.3. The van der Waals surface area contributed by atoms with Gasteiger partial charge in [-0.3, -0.25) is 9.69 Å². The zero-order chi connectivity index (χ0) is 22.1. The molecule has 3 aromatic rings. The number of benzene rings is 3. The van der Waals surface area contributed by atoms with E-state index >= 15 is 0 Å². The van der Waals surface area contributed by atoms with Crippen LogP contribution >= 0.6 is 11.8 Å². The molecule has 6 heteroatoms. The quantitative estimate of drug-likeness (QED) is 0.550. The molecule has 2 aliphatic rings. The molecule has 0 unspecified atom stereocenters. The van der Waals surface area contributed by atoms with E-state index in [-0.39, 0.29) is 23.0 Å². The molecule has 0 spiro atoms. The van der Waals surface area contributed by atoms with E-state index < -0.39 is 0 Å². The lowest BCUT2D eigenvalue weighted by Crippen LogP contribution is -2.43. The number of likely N-dealkylation sites (tertiary alicyclic amines) is 1. The predicted molar refractivity (Wildman–Crippen MR) is 127 cm³/mol. The van der Waals surface area contributed by atoms with Crippen LogP contribution in [-0.2, 0) is 11.3 Å². The third-order valence-corrected chi connectivity index (χ3v) is 7.49. The first kappa shape index (κ1) is 21.3. The molecule has 4 nitrogen and oxygen atoms in total. The molecule has 166 valence electrons. The van der Waals surface area contributed by atoms with E-state index in [0.29, 0.717) is 12.6 Å². The molecule has 1 saturated heterocycles. The van der Waals surface area contributed by atoms with Crippen molar-refractivity contribution in [3.63, 3.8) is 0 Å². The highest BCUT2D eigenvalue weighted by molar-refractivity contribution is 8.00. The van der Waals surface area contributed by atoms with Gasteiger partial charge in [0.05, 0.1) is 13.2 Å². The molecule has 32 heavy (non-hydrogen) atoms. The van der Waals surface area contributed by atoms with Gasteiger partial charge in [-0.25, -0.2) is 4.39 Å². The minimum atomic E-state index is -0.226. The number of methoxy groups -OCH3 is 1. The Bertz CT molecular complexity index is 1120. The molecule has 0 aromatic heterocycles. The van der Waals surface area contributed by atoms with E-state index in [4.69, 9.17) is 4.74 Å². The summed E-state index contributed by atoms with van der Waals surface area (Å²) < 4.78 is 18.8. The summed E-state index contributed by atoms with van der Waals surface area (Å²) in [6.07, 6.45) is 2.94. The van der Waals surface area contributed by atoms with E-state index in [0.717, 1.165) is 47.2 Å². The molecule has 2 atom stereocenters. The SMILES string of the molecule is COc1ccc(CN2C[C@H](Sc3ccc(F)cc3)C[C@H]2C(=O)NC2CC2)c2ccccc12. The van der Waals surface area contributed by atoms with Crippen molar-refractivity contribution in [3.8, 4) is 5.75 Å². The molecule has 1 heterocycles. The Kier molecular flexibility index (Phi) is 6.07. The van der Waals surface area contributed by atoms with Crippen LogP contribution in [0.5, 0.6) is 5.75 Å². The van der Waals surface area contributed by atoms with Crippen LogP contribution < -0.4 is 10.1 Å². The van der Waals surface area contributed by atoms with Crippen molar-refractivity contribution in [2.24, 2.45) is 0 Å². The molecule has 3 aromatic carbocycles. The van der Waals surface area contributed by atoms with Gasteiger partial charge in [0.1, 0.15) is 11.6 Å². The van der Waals surface area contributed by atoms with Crippen LogP contribution in [0.4, 0.5) is 4.39 Å². The van der Waals surface area contributed by atoms with Gasteiger partial charge in [-0.2, -0.15) is 0 Å². The van der Waals surface area contributed by atoms with Gasteiger partial charge in [0.15, 0.2) is 0 Å². The number of amides is 1. The van der Waals surface area contributed by atoms with E-state index in [9.17, 15) is 9.18 Å². The van der Waals surface area contributed by atoms with Gasteiger partial charge in [-0.05, 0) is 60.5 Å². The zero-order valence-electron chi connectivity index (χ0n) is 18.1. The Morgan fingerprint density at radius 3 is 2.56 bits per heavy atom. The van der Waals surface area contributed by atoms with Crippen molar-refractivity contribution >= 4 is 28.4 Å². The highest BCUT2D eigenvalue weighted by atomic mass is 32.2. The number of hydrogen-bond acceptors (Lipinski definition) is 4. The third-order valence-electron chi connectivity index (χ3n) is 6.28. The summed E-state index contributed by atoms with van der Waals surface area (Å²) >= 11 is 1.73. The maximum Gasteiger partial charge on any atom is 0.237 e. The van der Waals surface area contributed by atoms with Gasteiger partial charge in [0.25, 0.3) is 0 Å². The second kappa shape index (κ2) is 9.12. The number of ether oxygens (including phenoxy) is 1. The summed E-state index contributed by atoms with van der Waals surface area (Å²) in [7, 11) is 1.69. The van der Waals surface area contributed by atoms with Gasteiger partial charge >= 0.3 is 0 Å². The Morgan fingerprint density at radius 2 is 1.84 bits per heavy atom. The Balaban J connectivity index is 1.39. The molecule has 2 fully saturated rings. The fourth-order valence-corrected chi connectivity index (χ4v) is 5.72. The second-order valence-corrected chi connectivity index (χ2v) is 10.0. The Hall–Kier alpha value is -2.57. The number of carbonyl (C=O) groups excluding carboxylic acids is 1. The predicted octanol–water partition coefficient (Wildman–Crippen LogP) is 5.00. The van der Waals surface area contributed by atoms with Crippen LogP contribution in [0.1, 0.15) is 24.8 Å². The smallest absolute Gasteiger partial charge is 0.237 e. The van der Waals surface area contributed by atoms with Crippen LogP contribution in [0.25, 0.3) is 10.8 Å². The van der Waals surface area contributed by atoms with E-state index in [1.54, 1.807) is 18.9 Å². The second-order valence-electron chi connectivity index (χ2n) is 8.63. The number of nitrogens with one attached hydrogen (secondary N) is 1. The van der Waals surface area contributed by atoms with Gasteiger partial charge in [0.2, 0.25) is 5.91 Å². The molecule has 5 rings (SSSR count). The highest BCUT2D eigenvalue weighted by Gasteiger charge is 2.39. The number of fused-ring (bicyclic) bond motifs is 1. The molecular formula is C26H27FN2O2S. The molecule has 0 radical (unpaired) electrons. The first-order chi connectivity index (χ1) is 15.6. The average molecular weight is 451 g/mol. The summed E-state index contributed by atoms with van der Waals surface area (Å²) in [5, 5.41) is 5.72. The largest absolute Gasteiger partial charge is 0.496 e. The minimum absolute atomic E-state index is 0.132. The van der Waals surface area contributed by atoms with Crippen LogP contribution in [0.15, 0.2) is 65.6 Å². The monoisotopic (exact) mass is 450 g/mol. The summed E-state index contributed by atoms with van der Waals surface area (Å²) in [5.74, 6) is 0.765. The first-order valence-electron chi connectivity index (χ1n) is 11.1. The van der Waals surface area contributed by atoms with Gasteiger partial charge in [0, 0.05) is 34.7 Å². The van der Waals surface area contributed by atoms with Gasteiger partial charge in [-0.1, -0.05) is 30.3 Å². The third kappa shape index (κ3) is 4.62. The van der Waals surface area contributed by atoms with Crippen molar-refractivity contribution in [2.45, 2.75) is 48.0 Å². The van der Waals surface area contributed by atoms with E-state index in [2.05, 4.69) is 28.4 Å². The highest BCUT2D eigenvalue weighted by Crippen LogP contribution is 2.36. The van der Waals surface area contributed by atoms with E-state index in [1.807, 2.05) is 30.3 Å². The van der Waals surface area contributed by atoms with E-state index in [1.165, 1.54) is 17.7 Å². The van der Waals surface area contributed by atoms with Crippen molar-refractivity contribution in [2.75, 3.05) is 13.7 Å². The van der Waals surface area contributed by atoms with Crippen LogP contribution in [0.3, 0.4) is 0 Å². The number of nitrogens with zero attached hydrogens (tertiary/aromatic N) is 1. The topological polar surface area (TPSA) is 41.6 Å². The summed E-state index contributed by atoms with van der Waals surface area (Å²) in [4.78, 5) is 16.4. The van der Waals surface area contributed by atoms with Crippen molar-refractivity contribution < 1.29 is 13.9 Å². The van der Waals surface area contributed by atoms with Crippen LogP contribution in [0, 0.1) is 5.82 Å². The zero-order valence-corrected chi connectivity index (χ0v) is 18.9. The summed E-state index contributed by atoms with van der Waals surface area (Å²) in [6, 6.07) is 19.2. The number of carbonyl (C=O) groups is 1. The molecule has 1 aliphatic heterocycles. The molecule has 1 aliphatic carbocycles. The summed E-state index contributed by atoms with van der Waals surface area (Å²) in [6.45, 7) is 1.51. The van der Waals surface area contributed by atoms with Gasteiger partial charge < -0.3 is 10.1 Å². The lowest BCUT2D eigenvalue weighted by Gasteiger charge is -2.24. The summed E-state index contributed by atoms with van der Waals surface area (Å²) in [5.41, 5.74) is 1.19. The van der Waals surface area contributed by atoms with Gasteiger partial charge in [-0.15, -0.1) is 11.8 Å². The Labute approximate surface area is 192 Å². The normalized spacial score (nSPS) is 21.1. The number of hydrogen-bond donors (Lipinski definition) is 1. The minimum Gasteiger partial charge on any atom is -0.496 e. The average Bonchev–Trinajstić information content (AvgIpc) is 3.53.